The van der Waals surface area contributed by atoms with Crippen LogP contribution in [0.1, 0.15) is 0 Å². The van der Waals surface area contributed by atoms with Gasteiger partial charge in [0.15, 0.2) is 0 Å². The molecular formula is C8H12ClNSn. The van der Waals surface area contributed by atoms with Gasteiger partial charge in [0.1, 0.15) is 0 Å². The van der Waals surface area contributed by atoms with Crippen LogP contribution in [0, 0.1) is 0 Å². The van der Waals surface area contributed by atoms with Crippen molar-refractivity contribution in [3.63, 3.8) is 0 Å². The van der Waals surface area contributed by atoms with Gasteiger partial charge < -0.3 is 0 Å². The topological polar surface area (TPSA) is 12.9 Å². The Kier molecular flexibility index (Phi) is 2.81. The van der Waals surface area contributed by atoms with Crippen molar-refractivity contribution >= 4 is 33.6 Å². The number of aromatic nitrogens is 1. The summed E-state index contributed by atoms with van der Waals surface area (Å²) in [6, 6.07) is 4.06. The molecule has 0 spiro atoms. The molecule has 0 amide bonds. The zero-order valence-electron chi connectivity index (χ0n) is 7.06. The van der Waals surface area contributed by atoms with E-state index < -0.39 is 18.4 Å². The van der Waals surface area contributed by atoms with Crippen LogP contribution in [0.15, 0.2) is 18.3 Å². The van der Waals surface area contributed by atoms with E-state index >= 15 is 0 Å². The van der Waals surface area contributed by atoms with Gasteiger partial charge in [-0.3, -0.25) is 0 Å². The Morgan fingerprint density at radius 3 is 2.36 bits per heavy atom. The Bertz CT molecular complexity index is 255. The van der Waals surface area contributed by atoms with Gasteiger partial charge in [-0.2, -0.15) is 0 Å². The van der Waals surface area contributed by atoms with E-state index in [4.69, 9.17) is 11.6 Å². The van der Waals surface area contributed by atoms with Gasteiger partial charge in [-0.15, -0.1) is 0 Å². The molecular weight excluding hydrogens is 264 g/mol. The molecule has 1 aromatic heterocycles. The second-order valence-corrected chi connectivity index (χ2v) is 18.3. The zero-order valence-corrected chi connectivity index (χ0v) is 10.7. The summed E-state index contributed by atoms with van der Waals surface area (Å²) in [6.45, 7) is 0. The molecule has 0 aliphatic rings. The Morgan fingerprint density at radius 1 is 1.36 bits per heavy atom. The van der Waals surface area contributed by atoms with Crippen molar-refractivity contribution < 1.29 is 0 Å². The summed E-state index contributed by atoms with van der Waals surface area (Å²) < 4.78 is 1.31. The van der Waals surface area contributed by atoms with Crippen molar-refractivity contribution in [2.45, 2.75) is 14.8 Å². The summed E-state index contributed by atoms with van der Waals surface area (Å²) in [5.41, 5.74) is 0. The van der Waals surface area contributed by atoms with Gasteiger partial charge >= 0.3 is 76.8 Å². The molecule has 11 heavy (non-hydrogen) atoms. The Balaban J connectivity index is 3.14. The van der Waals surface area contributed by atoms with Crippen LogP contribution < -0.4 is 3.58 Å². The first-order valence-corrected chi connectivity index (χ1v) is 14.0. The molecule has 3 heteroatoms. The van der Waals surface area contributed by atoms with E-state index in [1.807, 2.05) is 6.07 Å². The molecule has 0 atom stereocenters. The molecule has 0 aromatic carbocycles. The summed E-state index contributed by atoms with van der Waals surface area (Å²) in [5, 5.41) is 0.704. The van der Waals surface area contributed by atoms with Gasteiger partial charge in [0.05, 0.1) is 0 Å². The number of pyridine rings is 1. The van der Waals surface area contributed by atoms with E-state index in [0.29, 0.717) is 5.15 Å². The van der Waals surface area contributed by atoms with Crippen LogP contribution in [-0.2, 0) is 0 Å². The summed E-state index contributed by atoms with van der Waals surface area (Å²) >= 11 is 3.98. The summed E-state index contributed by atoms with van der Waals surface area (Å²) in [7, 11) is 0. The van der Waals surface area contributed by atoms with E-state index in [9.17, 15) is 0 Å². The van der Waals surface area contributed by atoms with Crippen LogP contribution in [0.5, 0.6) is 0 Å². The summed E-state index contributed by atoms with van der Waals surface area (Å²) in [6.07, 6.45) is 1.74. The third-order valence-corrected chi connectivity index (χ3v) is 8.08. The van der Waals surface area contributed by atoms with Crippen molar-refractivity contribution in [1.29, 1.82) is 0 Å². The molecule has 1 heterocycles. The Hall–Kier alpha value is 0.239. The van der Waals surface area contributed by atoms with Crippen LogP contribution in [0.25, 0.3) is 0 Å². The number of rotatable bonds is 1. The molecule has 0 saturated heterocycles. The second kappa shape index (κ2) is 3.31. The molecule has 0 aliphatic carbocycles. The number of hydrogen-bond acceptors (Lipinski definition) is 1. The van der Waals surface area contributed by atoms with Gasteiger partial charge in [-0.1, -0.05) is 0 Å². The van der Waals surface area contributed by atoms with Crippen LogP contribution in [-0.4, -0.2) is 23.4 Å². The standard InChI is InChI=1S/C5H3ClN.3CH3.Sn/c6-5-3-1-2-4-7-5;;;;/h1-2,4H;3*1H3;. The normalized spacial score (nSPS) is 11.6. The predicted octanol–water partition coefficient (Wildman–Crippen LogP) is 2.28. The number of nitrogens with zero attached hydrogens (tertiary/aromatic N) is 1. The fraction of sp³-hybridized carbons (Fsp3) is 0.375. The maximum atomic E-state index is 5.95. The Morgan fingerprint density at radius 2 is 2.00 bits per heavy atom. The van der Waals surface area contributed by atoms with Crippen LogP contribution in [0.2, 0.25) is 20.0 Å². The molecule has 0 radical (unpaired) electrons. The monoisotopic (exact) mass is 277 g/mol. The molecule has 0 unspecified atom stereocenters. The maximum absolute atomic E-state index is 5.95. The molecule has 0 bridgehead atoms. The van der Waals surface area contributed by atoms with Crippen LogP contribution >= 0.6 is 11.6 Å². The zero-order chi connectivity index (χ0) is 8.48. The quantitative estimate of drug-likeness (QED) is 0.566. The molecule has 1 aromatic rings. The predicted molar refractivity (Wildman–Crippen MR) is 52.2 cm³/mol. The van der Waals surface area contributed by atoms with E-state index in [1.165, 1.54) is 3.58 Å². The van der Waals surface area contributed by atoms with Gasteiger partial charge in [0.2, 0.25) is 0 Å². The first kappa shape index (κ1) is 9.33. The fourth-order valence-corrected chi connectivity index (χ4v) is 6.62. The van der Waals surface area contributed by atoms with Crippen molar-refractivity contribution in [2.24, 2.45) is 0 Å². The summed E-state index contributed by atoms with van der Waals surface area (Å²) in [5.74, 6) is 0. The first-order valence-electron chi connectivity index (χ1n) is 3.63. The van der Waals surface area contributed by atoms with E-state index in [2.05, 4.69) is 25.9 Å². The molecule has 1 rings (SSSR count). The molecule has 0 aliphatic heterocycles. The number of halogens is 1. The fourth-order valence-electron chi connectivity index (χ4n) is 0.945. The minimum atomic E-state index is -1.97. The van der Waals surface area contributed by atoms with Crippen molar-refractivity contribution in [1.82, 2.24) is 4.98 Å². The van der Waals surface area contributed by atoms with Crippen molar-refractivity contribution in [2.75, 3.05) is 0 Å². The second-order valence-electron chi connectivity index (χ2n) is 3.59. The molecule has 0 fully saturated rings. The molecule has 0 saturated carbocycles. The van der Waals surface area contributed by atoms with Gasteiger partial charge in [0.25, 0.3) is 0 Å². The average molecular weight is 276 g/mol. The summed E-state index contributed by atoms with van der Waals surface area (Å²) in [4.78, 5) is 11.1. The van der Waals surface area contributed by atoms with Crippen molar-refractivity contribution in [3.05, 3.63) is 23.5 Å². The van der Waals surface area contributed by atoms with Gasteiger partial charge in [0, 0.05) is 0 Å². The first-order chi connectivity index (χ1) is 5.02. The molecule has 1 nitrogen and oxygen atoms in total. The van der Waals surface area contributed by atoms with E-state index in [-0.39, 0.29) is 0 Å². The number of hydrogen-bond donors (Lipinski definition) is 0. The minimum absolute atomic E-state index is 0.704. The third kappa shape index (κ3) is 2.34. The molecule has 60 valence electrons. The van der Waals surface area contributed by atoms with Gasteiger partial charge in [-0.05, 0) is 0 Å². The van der Waals surface area contributed by atoms with Crippen LogP contribution in [0.3, 0.4) is 0 Å². The Labute approximate surface area is 76.7 Å². The van der Waals surface area contributed by atoms with Crippen LogP contribution in [0.4, 0.5) is 0 Å². The average Bonchev–Trinajstić information content (AvgIpc) is 1.86. The van der Waals surface area contributed by atoms with Crippen molar-refractivity contribution in [3.8, 4) is 0 Å². The SMILES string of the molecule is [CH3][Sn]([CH3])([CH3])[c]1cccnc1Cl. The van der Waals surface area contributed by atoms with E-state index in [0.717, 1.165) is 0 Å². The molecule has 0 N–H and O–H groups in total. The van der Waals surface area contributed by atoms with Gasteiger partial charge in [-0.25, -0.2) is 0 Å². The third-order valence-electron chi connectivity index (χ3n) is 1.57. The van der Waals surface area contributed by atoms with E-state index in [1.54, 1.807) is 6.20 Å².